The van der Waals surface area contributed by atoms with Crippen molar-refractivity contribution >= 4 is 5.91 Å². The van der Waals surface area contributed by atoms with Crippen LogP contribution in [-0.4, -0.2) is 31.7 Å². The highest BCUT2D eigenvalue weighted by Crippen LogP contribution is 2.32. The summed E-state index contributed by atoms with van der Waals surface area (Å²) in [4.78, 5) is 12.3. The van der Waals surface area contributed by atoms with E-state index < -0.39 is 0 Å². The van der Waals surface area contributed by atoms with Crippen molar-refractivity contribution in [2.45, 2.75) is 32.2 Å². The molecular weight excluding hydrogens is 280 g/mol. The second kappa shape index (κ2) is 6.57. The highest BCUT2D eigenvalue weighted by molar-refractivity contribution is 5.79. The Balaban J connectivity index is 1.57. The van der Waals surface area contributed by atoms with Gasteiger partial charge < -0.3 is 20.5 Å². The smallest absolute Gasteiger partial charge is 0.226 e. The maximum Gasteiger partial charge on any atom is 0.226 e. The summed E-state index contributed by atoms with van der Waals surface area (Å²) in [5.74, 6) is 2.14. The number of benzene rings is 1. The van der Waals surface area contributed by atoms with Gasteiger partial charge in [0.25, 0.3) is 0 Å². The minimum Gasteiger partial charge on any atom is -0.494 e. The first-order chi connectivity index (χ1) is 10.7. The third-order valence-corrected chi connectivity index (χ3v) is 4.36. The standard InChI is InChI=1S/C17H24N2O3/c1-2-21-14-5-6-16-12(8-14)7-13(10-22-16)17(20)19-9-15(18)11-3-4-11/h5-6,8,11,13,15H,2-4,7,9-10,18H2,1H3,(H,19,20). The van der Waals surface area contributed by atoms with Crippen LogP contribution in [0.15, 0.2) is 18.2 Å². The van der Waals surface area contributed by atoms with Crippen molar-refractivity contribution < 1.29 is 14.3 Å². The summed E-state index contributed by atoms with van der Waals surface area (Å²) in [6, 6.07) is 5.87. The average molecular weight is 304 g/mol. The average Bonchev–Trinajstić information content (AvgIpc) is 3.37. The lowest BCUT2D eigenvalue weighted by Crippen LogP contribution is -2.43. The number of rotatable bonds is 6. The van der Waals surface area contributed by atoms with Crippen LogP contribution in [0.2, 0.25) is 0 Å². The molecule has 1 aromatic carbocycles. The van der Waals surface area contributed by atoms with Crippen LogP contribution >= 0.6 is 0 Å². The molecule has 0 spiro atoms. The Morgan fingerprint density at radius 2 is 2.32 bits per heavy atom. The second-order valence-electron chi connectivity index (χ2n) is 6.16. The van der Waals surface area contributed by atoms with Crippen LogP contribution in [0.4, 0.5) is 0 Å². The van der Waals surface area contributed by atoms with E-state index in [1.165, 1.54) is 12.8 Å². The van der Waals surface area contributed by atoms with Crippen LogP contribution in [0.5, 0.6) is 11.5 Å². The van der Waals surface area contributed by atoms with E-state index in [1.807, 2.05) is 25.1 Å². The first-order valence-corrected chi connectivity index (χ1v) is 8.09. The van der Waals surface area contributed by atoms with Gasteiger partial charge in [0.05, 0.1) is 12.5 Å². The summed E-state index contributed by atoms with van der Waals surface area (Å²) in [7, 11) is 0. The molecule has 1 aliphatic heterocycles. The summed E-state index contributed by atoms with van der Waals surface area (Å²) >= 11 is 0. The van der Waals surface area contributed by atoms with Gasteiger partial charge in [-0.15, -0.1) is 0 Å². The van der Waals surface area contributed by atoms with Crippen molar-refractivity contribution in [1.29, 1.82) is 0 Å². The van der Waals surface area contributed by atoms with Crippen LogP contribution in [-0.2, 0) is 11.2 Å². The number of amides is 1. The van der Waals surface area contributed by atoms with Gasteiger partial charge in [-0.2, -0.15) is 0 Å². The van der Waals surface area contributed by atoms with Gasteiger partial charge in [0.1, 0.15) is 18.1 Å². The lowest BCUT2D eigenvalue weighted by molar-refractivity contribution is -0.126. The third kappa shape index (κ3) is 3.53. The Hall–Kier alpha value is -1.75. The Morgan fingerprint density at radius 1 is 1.50 bits per heavy atom. The predicted octanol–water partition coefficient (Wildman–Crippen LogP) is 1.49. The van der Waals surface area contributed by atoms with E-state index in [9.17, 15) is 4.79 Å². The molecule has 5 nitrogen and oxygen atoms in total. The Kier molecular flexibility index (Phi) is 4.52. The van der Waals surface area contributed by atoms with Crippen molar-refractivity contribution in [3.63, 3.8) is 0 Å². The molecule has 1 aromatic rings. The number of carbonyl (C=O) groups is 1. The molecule has 3 rings (SSSR count). The molecule has 0 radical (unpaired) electrons. The van der Waals surface area contributed by atoms with E-state index in [0.717, 1.165) is 17.1 Å². The zero-order valence-corrected chi connectivity index (χ0v) is 13.0. The molecule has 2 atom stereocenters. The summed E-state index contributed by atoms with van der Waals surface area (Å²) < 4.78 is 11.2. The minimum absolute atomic E-state index is 0.0311. The predicted molar refractivity (Wildman–Crippen MR) is 84.0 cm³/mol. The van der Waals surface area contributed by atoms with Gasteiger partial charge in [0.15, 0.2) is 0 Å². The Morgan fingerprint density at radius 3 is 3.05 bits per heavy atom. The number of hydrogen-bond donors (Lipinski definition) is 2. The molecule has 1 saturated carbocycles. The molecule has 0 bridgehead atoms. The molecule has 22 heavy (non-hydrogen) atoms. The largest absolute Gasteiger partial charge is 0.494 e. The molecule has 3 N–H and O–H groups in total. The van der Waals surface area contributed by atoms with Gasteiger partial charge in [-0.25, -0.2) is 0 Å². The van der Waals surface area contributed by atoms with Crippen molar-refractivity contribution in [2.24, 2.45) is 17.6 Å². The fourth-order valence-corrected chi connectivity index (χ4v) is 2.85. The SMILES string of the molecule is CCOc1ccc2c(c1)CC(C(=O)NCC(N)C1CC1)CO2. The zero-order chi connectivity index (χ0) is 15.5. The number of fused-ring (bicyclic) bond motifs is 1. The topological polar surface area (TPSA) is 73.6 Å². The number of carbonyl (C=O) groups excluding carboxylic acids is 1. The highest BCUT2D eigenvalue weighted by atomic mass is 16.5. The molecular formula is C17H24N2O3. The molecule has 120 valence electrons. The lowest BCUT2D eigenvalue weighted by Gasteiger charge is -2.25. The van der Waals surface area contributed by atoms with E-state index in [-0.39, 0.29) is 17.9 Å². The van der Waals surface area contributed by atoms with E-state index in [1.54, 1.807) is 0 Å². The molecule has 5 heteroatoms. The van der Waals surface area contributed by atoms with Crippen molar-refractivity contribution in [1.82, 2.24) is 5.32 Å². The normalized spacial score (nSPS) is 21.5. The number of nitrogens with two attached hydrogens (primary N) is 1. The monoisotopic (exact) mass is 304 g/mol. The first-order valence-electron chi connectivity index (χ1n) is 8.09. The van der Waals surface area contributed by atoms with Gasteiger partial charge in [-0.3, -0.25) is 4.79 Å². The molecule has 1 fully saturated rings. The van der Waals surface area contributed by atoms with Crippen LogP contribution in [0.1, 0.15) is 25.3 Å². The van der Waals surface area contributed by atoms with Gasteiger partial charge >= 0.3 is 0 Å². The Labute approximate surface area is 131 Å². The summed E-state index contributed by atoms with van der Waals surface area (Å²) in [6.45, 7) is 3.56. The lowest BCUT2D eigenvalue weighted by atomic mass is 9.95. The highest BCUT2D eigenvalue weighted by Gasteiger charge is 2.30. The van der Waals surface area contributed by atoms with Crippen LogP contribution in [0.25, 0.3) is 0 Å². The van der Waals surface area contributed by atoms with Gasteiger partial charge in [0, 0.05) is 12.6 Å². The molecule has 2 unspecified atom stereocenters. The van der Waals surface area contributed by atoms with Crippen LogP contribution in [0, 0.1) is 11.8 Å². The van der Waals surface area contributed by atoms with E-state index in [2.05, 4.69) is 5.32 Å². The molecule has 2 aliphatic rings. The van der Waals surface area contributed by atoms with Gasteiger partial charge in [-0.1, -0.05) is 0 Å². The Bertz CT molecular complexity index is 543. The van der Waals surface area contributed by atoms with Crippen molar-refractivity contribution in [2.75, 3.05) is 19.8 Å². The van der Waals surface area contributed by atoms with Gasteiger partial charge in [0.2, 0.25) is 5.91 Å². The summed E-state index contributed by atoms with van der Waals surface area (Å²) in [5, 5.41) is 2.97. The van der Waals surface area contributed by atoms with Crippen molar-refractivity contribution in [3.8, 4) is 11.5 Å². The second-order valence-corrected chi connectivity index (χ2v) is 6.16. The van der Waals surface area contributed by atoms with E-state index in [0.29, 0.717) is 32.1 Å². The third-order valence-electron chi connectivity index (χ3n) is 4.36. The number of hydrogen-bond acceptors (Lipinski definition) is 4. The number of ether oxygens (including phenoxy) is 2. The van der Waals surface area contributed by atoms with E-state index >= 15 is 0 Å². The first kappa shape index (κ1) is 15.2. The quantitative estimate of drug-likeness (QED) is 0.835. The van der Waals surface area contributed by atoms with Crippen LogP contribution in [0.3, 0.4) is 0 Å². The maximum absolute atomic E-state index is 12.3. The summed E-state index contributed by atoms with van der Waals surface area (Å²) in [6.07, 6.45) is 3.06. The molecule has 1 amide bonds. The fraction of sp³-hybridized carbons (Fsp3) is 0.588. The van der Waals surface area contributed by atoms with Gasteiger partial charge in [-0.05, 0) is 55.9 Å². The minimum atomic E-state index is -0.157. The van der Waals surface area contributed by atoms with Crippen LogP contribution < -0.4 is 20.5 Å². The molecule has 1 aliphatic carbocycles. The summed E-state index contributed by atoms with van der Waals surface area (Å²) in [5.41, 5.74) is 7.06. The zero-order valence-electron chi connectivity index (χ0n) is 13.0. The molecule has 0 aromatic heterocycles. The molecule has 1 heterocycles. The number of nitrogens with one attached hydrogen (secondary N) is 1. The van der Waals surface area contributed by atoms with Crippen molar-refractivity contribution in [3.05, 3.63) is 23.8 Å². The fourth-order valence-electron chi connectivity index (χ4n) is 2.85. The maximum atomic E-state index is 12.3. The van der Waals surface area contributed by atoms with E-state index in [4.69, 9.17) is 15.2 Å². The molecule has 0 saturated heterocycles.